The second-order valence-corrected chi connectivity index (χ2v) is 6.11. The minimum Gasteiger partial charge on any atom is -0.372 e. The van der Waals surface area contributed by atoms with E-state index in [2.05, 4.69) is 37.8 Å². The van der Waals surface area contributed by atoms with Crippen molar-refractivity contribution in [2.45, 2.75) is 32.1 Å². The predicted molar refractivity (Wildman–Crippen MR) is 111 cm³/mol. The van der Waals surface area contributed by atoms with Crippen molar-refractivity contribution >= 4 is 17.5 Å². The monoisotopic (exact) mass is 372 g/mol. The van der Waals surface area contributed by atoms with Crippen molar-refractivity contribution in [2.75, 3.05) is 26.2 Å². The first kappa shape index (κ1) is 24.3. The number of rotatable bonds is 17. The molecule has 0 saturated carbocycles. The highest BCUT2D eigenvalue weighted by Crippen LogP contribution is 2.08. The number of carbonyl (C=O) groups excluding carboxylic acids is 3. The topological polar surface area (TPSA) is 57.7 Å². The average molecular weight is 373 g/mol. The maximum absolute atomic E-state index is 12.0. The molecule has 0 fully saturated rings. The largest absolute Gasteiger partial charge is 0.372 e. The molecule has 0 radical (unpaired) electrons. The maximum Gasteiger partial charge on any atom is 0.245 e. The van der Waals surface area contributed by atoms with Crippen molar-refractivity contribution in [3.8, 4) is 0 Å². The number of hydrogen-bond acceptors (Lipinski definition) is 4. The van der Waals surface area contributed by atoms with Crippen LogP contribution in [0.15, 0.2) is 62.9 Å². The van der Waals surface area contributed by atoms with E-state index in [0.29, 0.717) is 51.9 Å². The molecule has 5 nitrogen and oxygen atoms in total. The van der Waals surface area contributed by atoms with Crippen molar-refractivity contribution in [2.24, 2.45) is 0 Å². The van der Waals surface area contributed by atoms with Crippen LogP contribution in [0, 0.1) is 0 Å². The highest BCUT2D eigenvalue weighted by molar-refractivity contribution is 5.89. The van der Waals surface area contributed by atoms with Gasteiger partial charge in [0.15, 0.2) is 11.6 Å². The van der Waals surface area contributed by atoms with Gasteiger partial charge in [0.2, 0.25) is 5.91 Å². The summed E-state index contributed by atoms with van der Waals surface area (Å²) in [5, 5.41) is 0. The summed E-state index contributed by atoms with van der Waals surface area (Å²) in [5.74, 6) is -0.147. The number of amides is 1. The van der Waals surface area contributed by atoms with Crippen molar-refractivity contribution < 1.29 is 14.4 Å². The Balaban J connectivity index is 4.56. The van der Waals surface area contributed by atoms with E-state index in [0.717, 1.165) is 12.1 Å². The molecule has 1 amide bonds. The zero-order valence-corrected chi connectivity index (χ0v) is 16.3. The van der Waals surface area contributed by atoms with Crippen LogP contribution in [0.3, 0.4) is 0 Å². The van der Waals surface area contributed by atoms with Crippen LogP contribution in [0.25, 0.3) is 0 Å². The predicted octanol–water partition coefficient (Wildman–Crippen LogP) is 3.46. The van der Waals surface area contributed by atoms with Gasteiger partial charge >= 0.3 is 0 Å². The molecule has 27 heavy (non-hydrogen) atoms. The molecule has 0 bridgehead atoms. The molecule has 0 aliphatic heterocycles. The molecular weight excluding hydrogens is 340 g/mol. The van der Waals surface area contributed by atoms with Gasteiger partial charge in [0.25, 0.3) is 0 Å². The standard InChI is InChI=1S/C22H32N2O3/c1-6-19(5)23(15-10-13-20(25)7-2)17-12-18-24(22(27)9-4)16-11-14-21(26)8-3/h6-9H,1-5,10-18H2. The second kappa shape index (κ2) is 14.5. The Morgan fingerprint density at radius 3 is 1.52 bits per heavy atom. The van der Waals surface area contributed by atoms with Gasteiger partial charge in [0.05, 0.1) is 0 Å². The fourth-order valence-electron chi connectivity index (χ4n) is 2.53. The Labute approximate surface area is 163 Å². The van der Waals surface area contributed by atoms with E-state index in [1.807, 2.05) is 0 Å². The first-order valence-electron chi connectivity index (χ1n) is 9.17. The van der Waals surface area contributed by atoms with E-state index in [9.17, 15) is 14.4 Å². The van der Waals surface area contributed by atoms with E-state index >= 15 is 0 Å². The van der Waals surface area contributed by atoms with Crippen LogP contribution in [0.5, 0.6) is 0 Å². The number of carbonyl (C=O) groups is 3. The summed E-state index contributed by atoms with van der Waals surface area (Å²) < 4.78 is 0. The number of allylic oxidation sites excluding steroid dienone is 3. The molecule has 0 aliphatic carbocycles. The quantitative estimate of drug-likeness (QED) is 0.290. The summed E-state index contributed by atoms with van der Waals surface area (Å²) in [6.45, 7) is 20.6. The molecule has 0 rings (SSSR count). The van der Waals surface area contributed by atoms with Gasteiger partial charge in [0.1, 0.15) is 0 Å². The lowest BCUT2D eigenvalue weighted by Crippen LogP contribution is -2.34. The van der Waals surface area contributed by atoms with E-state index < -0.39 is 0 Å². The lowest BCUT2D eigenvalue weighted by atomic mass is 10.2. The fraction of sp³-hybridized carbons (Fsp3) is 0.409. The second-order valence-electron chi connectivity index (χ2n) is 6.11. The average Bonchev–Trinajstić information content (AvgIpc) is 2.69. The zero-order valence-electron chi connectivity index (χ0n) is 16.3. The zero-order chi connectivity index (χ0) is 20.7. The Bertz CT molecular complexity index is 528. The van der Waals surface area contributed by atoms with E-state index in [1.165, 1.54) is 18.2 Å². The van der Waals surface area contributed by atoms with E-state index in [4.69, 9.17) is 0 Å². The summed E-state index contributed by atoms with van der Waals surface area (Å²) in [4.78, 5) is 38.4. The SMILES string of the molecule is C=CC(=C)N(CCCC(=O)C=C)CCCN(CCCC(=O)C=C)C(=O)C=C. The third-order valence-electron chi connectivity index (χ3n) is 4.14. The fourth-order valence-corrected chi connectivity index (χ4v) is 2.53. The van der Waals surface area contributed by atoms with Gasteiger partial charge in [-0.1, -0.05) is 32.9 Å². The van der Waals surface area contributed by atoms with Crippen LogP contribution in [0.1, 0.15) is 32.1 Å². The van der Waals surface area contributed by atoms with E-state index in [1.54, 1.807) is 11.0 Å². The summed E-state index contributed by atoms with van der Waals surface area (Å²) in [6, 6.07) is 0. The number of ketones is 2. The molecule has 0 N–H and O–H groups in total. The van der Waals surface area contributed by atoms with Crippen molar-refractivity contribution in [3.63, 3.8) is 0 Å². The van der Waals surface area contributed by atoms with Crippen LogP contribution in [0.2, 0.25) is 0 Å². The number of hydrogen-bond donors (Lipinski definition) is 0. The van der Waals surface area contributed by atoms with Gasteiger partial charge in [-0.05, 0) is 43.6 Å². The first-order chi connectivity index (χ1) is 12.9. The Hall–Kier alpha value is -2.69. The third-order valence-corrected chi connectivity index (χ3v) is 4.14. The molecule has 0 saturated heterocycles. The smallest absolute Gasteiger partial charge is 0.245 e. The molecule has 0 unspecified atom stereocenters. The van der Waals surface area contributed by atoms with E-state index in [-0.39, 0.29) is 17.5 Å². The van der Waals surface area contributed by atoms with Crippen LogP contribution in [-0.2, 0) is 14.4 Å². The normalized spacial score (nSPS) is 9.78. The Morgan fingerprint density at radius 2 is 1.07 bits per heavy atom. The maximum atomic E-state index is 12.0. The lowest BCUT2D eigenvalue weighted by Gasteiger charge is -2.27. The summed E-state index contributed by atoms with van der Waals surface area (Å²) in [5.41, 5.74) is 0.791. The minimum absolute atomic E-state index is 0.0241. The van der Waals surface area contributed by atoms with Crippen LogP contribution in [-0.4, -0.2) is 53.5 Å². The summed E-state index contributed by atoms with van der Waals surface area (Å²) in [7, 11) is 0. The molecule has 0 aromatic heterocycles. The molecule has 0 aliphatic rings. The van der Waals surface area contributed by atoms with Crippen molar-refractivity contribution in [1.29, 1.82) is 0 Å². The van der Waals surface area contributed by atoms with Gasteiger partial charge in [0, 0.05) is 44.7 Å². The van der Waals surface area contributed by atoms with Gasteiger partial charge in [-0.25, -0.2) is 0 Å². The molecule has 0 heterocycles. The Kier molecular flexibility index (Phi) is 13.0. The van der Waals surface area contributed by atoms with Crippen LogP contribution in [0.4, 0.5) is 0 Å². The lowest BCUT2D eigenvalue weighted by molar-refractivity contribution is -0.126. The van der Waals surface area contributed by atoms with Crippen LogP contribution >= 0.6 is 0 Å². The summed E-state index contributed by atoms with van der Waals surface area (Å²) >= 11 is 0. The first-order valence-corrected chi connectivity index (χ1v) is 9.17. The van der Waals surface area contributed by atoms with Gasteiger partial charge in [-0.3, -0.25) is 14.4 Å². The van der Waals surface area contributed by atoms with Crippen molar-refractivity contribution in [3.05, 3.63) is 62.9 Å². The molecular formula is C22H32N2O3. The molecule has 0 aromatic rings. The van der Waals surface area contributed by atoms with Gasteiger partial charge < -0.3 is 9.80 Å². The molecule has 5 heteroatoms. The molecule has 0 aromatic carbocycles. The highest BCUT2D eigenvalue weighted by atomic mass is 16.2. The molecule has 0 spiro atoms. The highest BCUT2D eigenvalue weighted by Gasteiger charge is 2.12. The van der Waals surface area contributed by atoms with Crippen LogP contribution < -0.4 is 0 Å². The minimum atomic E-state index is -0.147. The third kappa shape index (κ3) is 10.8. The van der Waals surface area contributed by atoms with Crippen molar-refractivity contribution in [1.82, 2.24) is 9.80 Å². The molecule has 0 atom stereocenters. The Morgan fingerprint density at radius 1 is 0.630 bits per heavy atom. The van der Waals surface area contributed by atoms with Gasteiger partial charge in [-0.2, -0.15) is 0 Å². The summed E-state index contributed by atoms with van der Waals surface area (Å²) in [6.07, 6.45) is 8.46. The molecule has 148 valence electrons. The number of nitrogens with zero attached hydrogens (tertiary/aromatic N) is 2. The van der Waals surface area contributed by atoms with Gasteiger partial charge in [-0.15, -0.1) is 0 Å².